The molecule has 0 aliphatic heterocycles. The minimum atomic E-state index is -0.194. The molecule has 0 heterocycles. The highest BCUT2D eigenvalue weighted by Gasteiger charge is 2.04. The Morgan fingerprint density at radius 1 is 1.26 bits per heavy atom. The predicted octanol–water partition coefficient (Wildman–Crippen LogP) is 1.73. The van der Waals surface area contributed by atoms with Gasteiger partial charge in [0.2, 0.25) is 0 Å². The van der Waals surface area contributed by atoms with Crippen LogP contribution in [-0.4, -0.2) is 33.3 Å². The van der Waals surface area contributed by atoms with Crippen molar-refractivity contribution in [1.29, 1.82) is 0 Å². The Morgan fingerprint density at radius 2 is 2.00 bits per heavy atom. The number of amides is 2. The number of rotatable bonds is 7. The van der Waals surface area contributed by atoms with Gasteiger partial charge in [-0.25, -0.2) is 4.79 Å². The molecule has 0 unspecified atom stereocenters. The number of hydrogen-bond acceptors (Lipinski definition) is 3. The lowest BCUT2D eigenvalue weighted by molar-refractivity contribution is 0.242. The van der Waals surface area contributed by atoms with E-state index in [0.29, 0.717) is 24.6 Å². The van der Waals surface area contributed by atoms with Crippen LogP contribution in [0.1, 0.15) is 5.56 Å². The molecule has 0 spiro atoms. The Balaban J connectivity index is 2.45. The fourth-order valence-electron chi connectivity index (χ4n) is 1.58. The van der Waals surface area contributed by atoms with Gasteiger partial charge in [0.05, 0.1) is 14.2 Å². The van der Waals surface area contributed by atoms with Crippen LogP contribution in [0.4, 0.5) is 4.79 Å². The molecule has 0 aromatic heterocycles. The Bertz CT molecular complexity index is 433. The van der Waals surface area contributed by atoms with Crippen molar-refractivity contribution in [3.05, 3.63) is 36.4 Å². The van der Waals surface area contributed by atoms with E-state index < -0.39 is 0 Å². The smallest absolute Gasteiger partial charge is 0.315 e. The highest BCUT2D eigenvalue weighted by Crippen LogP contribution is 2.27. The first-order valence-corrected chi connectivity index (χ1v) is 6.04. The second-order valence-electron chi connectivity index (χ2n) is 3.86. The Morgan fingerprint density at radius 3 is 2.63 bits per heavy atom. The number of benzene rings is 1. The number of methoxy groups -OCH3 is 2. The first-order valence-electron chi connectivity index (χ1n) is 6.04. The van der Waals surface area contributed by atoms with Gasteiger partial charge in [-0.1, -0.05) is 12.1 Å². The van der Waals surface area contributed by atoms with Crippen LogP contribution in [0.5, 0.6) is 11.5 Å². The van der Waals surface area contributed by atoms with Gasteiger partial charge in [0.15, 0.2) is 11.5 Å². The average molecular weight is 264 g/mol. The van der Waals surface area contributed by atoms with E-state index in [0.717, 1.165) is 12.0 Å². The topological polar surface area (TPSA) is 59.6 Å². The minimum absolute atomic E-state index is 0.194. The molecule has 1 rings (SSSR count). The quantitative estimate of drug-likeness (QED) is 0.737. The predicted molar refractivity (Wildman–Crippen MR) is 74.8 cm³/mol. The van der Waals surface area contributed by atoms with E-state index in [-0.39, 0.29) is 6.03 Å². The molecule has 0 radical (unpaired) electrons. The summed E-state index contributed by atoms with van der Waals surface area (Å²) in [5.74, 6) is 1.39. The molecule has 0 saturated carbocycles. The lowest BCUT2D eigenvalue weighted by Crippen LogP contribution is -2.36. The van der Waals surface area contributed by atoms with Crippen molar-refractivity contribution >= 4 is 6.03 Å². The van der Waals surface area contributed by atoms with E-state index in [2.05, 4.69) is 17.2 Å². The first kappa shape index (κ1) is 14.9. The molecule has 104 valence electrons. The van der Waals surface area contributed by atoms with E-state index in [1.807, 2.05) is 18.2 Å². The average Bonchev–Trinajstić information content (AvgIpc) is 2.44. The summed E-state index contributed by atoms with van der Waals surface area (Å²) >= 11 is 0. The van der Waals surface area contributed by atoms with Crippen molar-refractivity contribution in [2.24, 2.45) is 0 Å². The zero-order chi connectivity index (χ0) is 14.1. The largest absolute Gasteiger partial charge is 0.493 e. The van der Waals surface area contributed by atoms with Crippen LogP contribution in [0, 0.1) is 0 Å². The number of ether oxygens (including phenoxy) is 2. The normalized spacial score (nSPS) is 9.58. The molecule has 1 aromatic carbocycles. The van der Waals surface area contributed by atoms with Gasteiger partial charge in [0.25, 0.3) is 0 Å². The van der Waals surface area contributed by atoms with Crippen molar-refractivity contribution in [3.8, 4) is 11.5 Å². The second-order valence-corrected chi connectivity index (χ2v) is 3.86. The molecular weight excluding hydrogens is 244 g/mol. The molecule has 2 N–H and O–H groups in total. The van der Waals surface area contributed by atoms with Gasteiger partial charge in [-0.3, -0.25) is 0 Å². The lowest BCUT2D eigenvalue weighted by Gasteiger charge is -2.10. The summed E-state index contributed by atoms with van der Waals surface area (Å²) in [6, 6.07) is 5.51. The SMILES string of the molecule is C=CCNC(=O)NCCc1ccc(OC)c(OC)c1. The maximum atomic E-state index is 11.3. The third-order valence-corrected chi connectivity index (χ3v) is 2.55. The number of carbonyl (C=O) groups is 1. The Labute approximate surface area is 113 Å². The van der Waals surface area contributed by atoms with Crippen LogP contribution < -0.4 is 20.1 Å². The van der Waals surface area contributed by atoms with E-state index in [1.165, 1.54) is 0 Å². The summed E-state index contributed by atoms with van der Waals surface area (Å²) in [4.78, 5) is 11.3. The number of nitrogens with one attached hydrogen (secondary N) is 2. The monoisotopic (exact) mass is 264 g/mol. The second kappa shape index (κ2) is 8.02. The summed E-state index contributed by atoms with van der Waals surface area (Å²) in [6.45, 7) is 4.54. The number of carbonyl (C=O) groups excluding carboxylic acids is 1. The summed E-state index contributed by atoms with van der Waals surface area (Å²) in [5, 5.41) is 5.41. The summed E-state index contributed by atoms with van der Waals surface area (Å²) in [7, 11) is 3.20. The summed E-state index contributed by atoms with van der Waals surface area (Å²) in [5.41, 5.74) is 1.07. The Hall–Kier alpha value is -2.17. The molecule has 0 saturated heterocycles. The highest BCUT2D eigenvalue weighted by molar-refractivity contribution is 5.73. The highest BCUT2D eigenvalue weighted by atomic mass is 16.5. The third-order valence-electron chi connectivity index (χ3n) is 2.55. The molecule has 1 aromatic rings. The van der Waals surface area contributed by atoms with Crippen LogP contribution in [-0.2, 0) is 6.42 Å². The summed E-state index contributed by atoms with van der Waals surface area (Å²) in [6.07, 6.45) is 2.36. The molecule has 5 nitrogen and oxygen atoms in total. The van der Waals surface area contributed by atoms with Gasteiger partial charge in [-0.05, 0) is 24.1 Å². The van der Waals surface area contributed by atoms with E-state index in [1.54, 1.807) is 20.3 Å². The molecular formula is C14H20N2O3. The van der Waals surface area contributed by atoms with Gasteiger partial charge in [-0.15, -0.1) is 6.58 Å². The molecule has 0 aliphatic rings. The van der Waals surface area contributed by atoms with Gasteiger partial charge in [0, 0.05) is 13.1 Å². The van der Waals surface area contributed by atoms with Crippen molar-refractivity contribution in [2.75, 3.05) is 27.3 Å². The van der Waals surface area contributed by atoms with Gasteiger partial charge in [0.1, 0.15) is 0 Å². The standard InChI is InChI=1S/C14H20N2O3/c1-4-8-15-14(17)16-9-7-11-5-6-12(18-2)13(10-11)19-3/h4-6,10H,1,7-9H2,2-3H3,(H2,15,16,17). The fraction of sp³-hybridized carbons (Fsp3) is 0.357. The van der Waals surface area contributed by atoms with Crippen LogP contribution in [0.2, 0.25) is 0 Å². The van der Waals surface area contributed by atoms with Crippen molar-refractivity contribution in [3.63, 3.8) is 0 Å². The molecule has 5 heteroatoms. The van der Waals surface area contributed by atoms with Crippen LogP contribution >= 0.6 is 0 Å². The minimum Gasteiger partial charge on any atom is -0.493 e. The van der Waals surface area contributed by atoms with E-state index in [9.17, 15) is 4.79 Å². The maximum absolute atomic E-state index is 11.3. The molecule has 2 amide bonds. The third kappa shape index (κ3) is 4.91. The molecule has 0 fully saturated rings. The molecule has 19 heavy (non-hydrogen) atoms. The summed E-state index contributed by atoms with van der Waals surface area (Å²) < 4.78 is 10.4. The fourth-order valence-corrected chi connectivity index (χ4v) is 1.58. The van der Waals surface area contributed by atoms with Gasteiger partial charge < -0.3 is 20.1 Å². The molecule has 0 bridgehead atoms. The van der Waals surface area contributed by atoms with Gasteiger partial charge in [-0.2, -0.15) is 0 Å². The van der Waals surface area contributed by atoms with E-state index >= 15 is 0 Å². The maximum Gasteiger partial charge on any atom is 0.315 e. The zero-order valence-electron chi connectivity index (χ0n) is 11.4. The van der Waals surface area contributed by atoms with Crippen LogP contribution in [0.3, 0.4) is 0 Å². The van der Waals surface area contributed by atoms with Crippen LogP contribution in [0.15, 0.2) is 30.9 Å². The zero-order valence-corrected chi connectivity index (χ0v) is 11.4. The van der Waals surface area contributed by atoms with E-state index in [4.69, 9.17) is 9.47 Å². The van der Waals surface area contributed by atoms with Crippen molar-refractivity contribution in [2.45, 2.75) is 6.42 Å². The number of hydrogen-bond donors (Lipinski definition) is 2. The molecule has 0 atom stereocenters. The molecule has 0 aliphatic carbocycles. The van der Waals surface area contributed by atoms with Gasteiger partial charge >= 0.3 is 6.03 Å². The Kier molecular flexibility index (Phi) is 6.29. The number of urea groups is 1. The first-order chi connectivity index (χ1) is 9.21. The van der Waals surface area contributed by atoms with Crippen LogP contribution in [0.25, 0.3) is 0 Å². The lowest BCUT2D eigenvalue weighted by atomic mass is 10.1. The van der Waals surface area contributed by atoms with Crippen molar-refractivity contribution in [1.82, 2.24) is 10.6 Å². The van der Waals surface area contributed by atoms with Crippen molar-refractivity contribution < 1.29 is 14.3 Å².